The van der Waals surface area contributed by atoms with E-state index in [-0.39, 0.29) is 0 Å². The van der Waals surface area contributed by atoms with Crippen molar-refractivity contribution in [3.8, 4) is 0 Å². The van der Waals surface area contributed by atoms with Crippen molar-refractivity contribution in [1.29, 1.82) is 0 Å². The molecule has 0 bridgehead atoms. The largest absolute Gasteiger partial charge is 0.370 e. The van der Waals surface area contributed by atoms with Crippen molar-refractivity contribution in [2.24, 2.45) is 10.7 Å². The number of nitrogens with zero attached hydrogens (tertiary/aromatic N) is 2. The smallest absolute Gasteiger partial charge is 0.189 e. The van der Waals surface area contributed by atoms with Gasteiger partial charge in [-0.15, -0.1) is 0 Å². The van der Waals surface area contributed by atoms with Gasteiger partial charge in [-0.25, -0.2) is 4.99 Å². The first kappa shape index (κ1) is 11.5. The van der Waals surface area contributed by atoms with Crippen molar-refractivity contribution >= 4 is 5.96 Å². The minimum atomic E-state index is 0.364. The fourth-order valence-electron chi connectivity index (χ4n) is 1.07. The number of aromatic nitrogens is 1. The maximum absolute atomic E-state index is 5.72. The topological polar surface area (TPSA) is 63.3 Å². The first-order valence-corrected chi connectivity index (χ1v) is 5.17. The van der Waals surface area contributed by atoms with Crippen LogP contribution < -0.4 is 11.1 Å². The summed E-state index contributed by atoms with van der Waals surface area (Å²) in [5.74, 6) is 0.494. The van der Waals surface area contributed by atoms with E-state index in [0.717, 1.165) is 12.0 Å². The van der Waals surface area contributed by atoms with Gasteiger partial charge in [0.25, 0.3) is 0 Å². The minimum absolute atomic E-state index is 0.364. The average Bonchev–Trinajstić information content (AvgIpc) is 2.27. The van der Waals surface area contributed by atoms with E-state index in [0.29, 0.717) is 18.5 Å². The molecule has 1 atom stereocenters. The van der Waals surface area contributed by atoms with Crippen molar-refractivity contribution in [1.82, 2.24) is 10.3 Å². The van der Waals surface area contributed by atoms with Gasteiger partial charge in [0, 0.05) is 18.4 Å². The van der Waals surface area contributed by atoms with E-state index in [9.17, 15) is 0 Å². The Hall–Kier alpha value is -1.58. The van der Waals surface area contributed by atoms with Gasteiger partial charge in [0.05, 0.1) is 6.54 Å². The van der Waals surface area contributed by atoms with E-state index in [2.05, 4.69) is 29.1 Å². The molecular formula is C11H18N4. The third kappa shape index (κ3) is 4.44. The molecule has 4 heteroatoms. The molecule has 3 N–H and O–H groups in total. The lowest BCUT2D eigenvalue weighted by molar-refractivity contribution is 0.636. The van der Waals surface area contributed by atoms with Gasteiger partial charge in [-0.2, -0.15) is 0 Å². The molecule has 15 heavy (non-hydrogen) atoms. The summed E-state index contributed by atoms with van der Waals surface area (Å²) in [4.78, 5) is 8.23. The van der Waals surface area contributed by atoms with Crippen LogP contribution in [0.2, 0.25) is 0 Å². The van der Waals surface area contributed by atoms with Crippen LogP contribution in [0.25, 0.3) is 0 Å². The number of aliphatic imine (C=N–C) groups is 1. The third-order valence-corrected chi connectivity index (χ3v) is 2.16. The SMILES string of the molecule is CCC(C)NC(N)=NCc1cccnc1. The zero-order valence-corrected chi connectivity index (χ0v) is 9.27. The van der Waals surface area contributed by atoms with Crippen LogP contribution in [0.4, 0.5) is 0 Å². The third-order valence-electron chi connectivity index (χ3n) is 2.16. The fourth-order valence-corrected chi connectivity index (χ4v) is 1.07. The second-order valence-corrected chi connectivity index (χ2v) is 3.52. The molecule has 4 nitrogen and oxygen atoms in total. The quantitative estimate of drug-likeness (QED) is 0.576. The van der Waals surface area contributed by atoms with Crippen LogP contribution in [0.5, 0.6) is 0 Å². The minimum Gasteiger partial charge on any atom is -0.370 e. The van der Waals surface area contributed by atoms with Gasteiger partial charge in [-0.1, -0.05) is 13.0 Å². The first-order valence-electron chi connectivity index (χ1n) is 5.17. The van der Waals surface area contributed by atoms with E-state index in [4.69, 9.17) is 5.73 Å². The molecule has 1 aromatic heterocycles. The van der Waals surface area contributed by atoms with Gasteiger partial charge >= 0.3 is 0 Å². The van der Waals surface area contributed by atoms with Gasteiger partial charge in [-0.3, -0.25) is 4.98 Å². The van der Waals surface area contributed by atoms with E-state index in [1.165, 1.54) is 0 Å². The lowest BCUT2D eigenvalue weighted by Crippen LogP contribution is -2.38. The maximum atomic E-state index is 5.72. The van der Waals surface area contributed by atoms with Crippen molar-refractivity contribution in [2.75, 3.05) is 0 Å². The van der Waals surface area contributed by atoms with Crippen molar-refractivity contribution in [2.45, 2.75) is 32.9 Å². The Morgan fingerprint density at radius 2 is 2.47 bits per heavy atom. The van der Waals surface area contributed by atoms with Gasteiger partial charge in [0.15, 0.2) is 5.96 Å². The lowest BCUT2D eigenvalue weighted by atomic mass is 10.3. The zero-order chi connectivity index (χ0) is 11.1. The molecule has 0 amide bonds. The fraction of sp³-hybridized carbons (Fsp3) is 0.455. The zero-order valence-electron chi connectivity index (χ0n) is 9.27. The number of hydrogen-bond donors (Lipinski definition) is 2. The molecule has 1 aromatic rings. The second kappa shape index (κ2) is 6.01. The molecule has 0 radical (unpaired) electrons. The summed E-state index contributed by atoms with van der Waals surface area (Å²) in [5.41, 5.74) is 6.78. The van der Waals surface area contributed by atoms with E-state index in [1.54, 1.807) is 12.4 Å². The van der Waals surface area contributed by atoms with Crippen LogP contribution >= 0.6 is 0 Å². The summed E-state index contributed by atoms with van der Waals surface area (Å²) in [6.07, 6.45) is 4.57. The number of nitrogens with two attached hydrogens (primary N) is 1. The van der Waals surface area contributed by atoms with E-state index < -0.39 is 0 Å². The molecule has 0 aliphatic carbocycles. The average molecular weight is 206 g/mol. The van der Waals surface area contributed by atoms with Crippen molar-refractivity contribution < 1.29 is 0 Å². The predicted octanol–water partition coefficient (Wildman–Crippen LogP) is 1.28. The Morgan fingerprint density at radius 3 is 3.07 bits per heavy atom. The molecule has 0 aliphatic rings. The Labute approximate surface area is 90.6 Å². The molecule has 1 heterocycles. The van der Waals surface area contributed by atoms with E-state index >= 15 is 0 Å². The summed E-state index contributed by atoms with van der Waals surface area (Å²) in [6.45, 7) is 4.75. The Balaban J connectivity index is 2.44. The summed E-state index contributed by atoms with van der Waals surface area (Å²) in [6, 6.07) is 4.23. The number of hydrogen-bond acceptors (Lipinski definition) is 2. The Morgan fingerprint density at radius 1 is 1.67 bits per heavy atom. The highest BCUT2D eigenvalue weighted by molar-refractivity contribution is 5.78. The molecule has 1 rings (SSSR count). The van der Waals surface area contributed by atoms with E-state index in [1.807, 2.05) is 12.1 Å². The molecular weight excluding hydrogens is 188 g/mol. The molecule has 0 fully saturated rings. The van der Waals surface area contributed by atoms with Gasteiger partial charge < -0.3 is 11.1 Å². The van der Waals surface area contributed by atoms with Crippen molar-refractivity contribution in [3.05, 3.63) is 30.1 Å². The van der Waals surface area contributed by atoms with Crippen LogP contribution in [0.15, 0.2) is 29.5 Å². The highest BCUT2D eigenvalue weighted by Crippen LogP contribution is 1.97. The highest BCUT2D eigenvalue weighted by atomic mass is 15.1. The number of rotatable bonds is 4. The van der Waals surface area contributed by atoms with Crippen LogP contribution in [0.1, 0.15) is 25.8 Å². The summed E-state index contributed by atoms with van der Waals surface area (Å²) >= 11 is 0. The van der Waals surface area contributed by atoms with Crippen LogP contribution in [0, 0.1) is 0 Å². The van der Waals surface area contributed by atoms with Crippen molar-refractivity contribution in [3.63, 3.8) is 0 Å². The molecule has 0 aliphatic heterocycles. The predicted molar refractivity (Wildman–Crippen MR) is 62.5 cm³/mol. The Bertz CT molecular complexity index is 308. The molecule has 0 saturated heterocycles. The van der Waals surface area contributed by atoms with Gasteiger partial charge in [0.2, 0.25) is 0 Å². The van der Waals surface area contributed by atoms with Crippen LogP contribution in [-0.4, -0.2) is 17.0 Å². The van der Waals surface area contributed by atoms with Gasteiger partial charge in [0.1, 0.15) is 0 Å². The molecule has 0 saturated carbocycles. The standard InChI is InChI=1S/C11H18N4/c1-3-9(2)15-11(12)14-8-10-5-4-6-13-7-10/h4-7,9H,3,8H2,1-2H3,(H3,12,14,15). The highest BCUT2D eigenvalue weighted by Gasteiger charge is 1.98. The summed E-state index contributed by atoms with van der Waals surface area (Å²) in [7, 11) is 0. The Kier molecular flexibility index (Phi) is 4.60. The maximum Gasteiger partial charge on any atom is 0.189 e. The molecule has 1 unspecified atom stereocenters. The molecule has 0 spiro atoms. The monoisotopic (exact) mass is 206 g/mol. The number of nitrogens with one attached hydrogen (secondary N) is 1. The summed E-state index contributed by atoms with van der Waals surface area (Å²) < 4.78 is 0. The van der Waals surface area contributed by atoms with Crippen LogP contribution in [-0.2, 0) is 6.54 Å². The first-order chi connectivity index (χ1) is 7.22. The second-order valence-electron chi connectivity index (χ2n) is 3.52. The van der Waals surface area contributed by atoms with Gasteiger partial charge in [-0.05, 0) is 25.0 Å². The number of guanidine groups is 1. The van der Waals surface area contributed by atoms with Crippen LogP contribution in [0.3, 0.4) is 0 Å². The molecule has 0 aromatic carbocycles. The summed E-state index contributed by atoms with van der Waals surface area (Å²) in [5, 5.41) is 3.11. The normalized spacial score (nSPS) is 13.6. The number of pyridine rings is 1. The lowest BCUT2D eigenvalue weighted by Gasteiger charge is -2.11. The molecule has 82 valence electrons.